The van der Waals surface area contributed by atoms with Crippen LogP contribution < -0.4 is 10.9 Å². The summed E-state index contributed by atoms with van der Waals surface area (Å²) in [5.41, 5.74) is -0.108. The van der Waals surface area contributed by atoms with E-state index in [1.165, 1.54) is 22.9 Å². The summed E-state index contributed by atoms with van der Waals surface area (Å²) in [5.74, 6) is -0.454. The Kier molecular flexibility index (Phi) is 5.14. The van der Waals surface area contributed by atoms with Crippen molar-refractivity contribution in [2.75, 3.05) is 6.54 Å². The van der Waals surface area contributed by atoms with Crippen molar-refractivity contribution in [2.24, 2.45) is 7.05 Å². The molecule has 0 aliphatic heterocycles. The Morgan fingerprint density at radius 2 is 2.05 bits per heavy atom. The summed E-state index contributed by atoms with van der Waals surface area (Å²) in [6.07, 6.45) is -3.33. The van der Waals surface area contributed by atoms with Gasteiger partial charge < -0.3 is 9.88 Å². The number of nitrogens with one attached hydrogen (secondary N) is 1. The molecule has 0 unspecified atom stereocenters. The summed E-state index contributed by atoms with van der Waals surface area (Å²) in [6.45, 7) is 0.157. The third-order valence-corrected chi connectivity index (χ3v) is 2.54. The van der Waals surface area contributed by atoms with E-state index in [9.17, 15) is 22.8 Å². The molecule has 0 aliphatic rings. The van der Waals surface area contributed by atoms with Crippen LogP contribution in [-0.4, -0.2) is 23.2 Å². The number of amides is 1. The average Bonchev–Trinajstić information content (AvgIpc) is 2.30. The maximum Gasteiger partial charge on any atom is 0.389 e. The largest absolute Gasteiger partial charge is 0.389 e. The van der Waals surface area contributed by atoms with Gasteiger partial charge in [0.2, 0.25) is 0 Å². The van der Waals surface area contributed by atoms with Crippen LogP contribution in [-0.2, 0) is 7.05 Å². The maximum absolute atomic E-state index is 11.9. The molecule has 0 saturated heterocycles. The average molecular weight is 276 g/mol. The number of alkyl halides is 3. The highest BCUT2D eigenvalue weighted by atomic mass is 19.4. The third kappa shape index (κ3) is 5.58. The predicted molar refractivity (Wildman–Crippen MR) is 63.9 cm³/mol. The van der Waals surface area contributed by atoms with E-state index >= 15 is 0 Å². The highest BCUT2D eigenvalue weighted by molar-refractivity contribution is 5.93. The summed E-state index contributed by atoms with van der Waals surface area (Å²) in [4.78, 5) is 22.9. The number of carbonyl (C=O) groups excluding carboxylic acids is 1. The molecule has 0 aliphatic carbocycles. The van der Waals surface area contributed by atoms with Crippen LogP contribution in [0.2, 0.25) is 0 Å². The summed E-state index contributed by atoms with van der Waals surface area (Å²) in [6, 6.07) is 2.66. The summed E-state index contributed by atoms with van der Waals surface area (Å²) < 4.78 is 36.9. The van der Waals surface area contributed by atoms with Crippen molar-refractivity contribution in [3.05, 3.63) is 34.2 Å². The number of aromatic nitrogens is 1. The number of unbranched alkanes of at least 4 members (excludes halogenated alkanes) is 1. The van der Waals surface area contributed by atoms with E-state index in [-0.39, 0.29) is 30.5 Å². The van der Waals surface area contributed by atoms with Gasteiger partial charge in [0.1, 0.15) is 0 Å². The summed E-state index contributed by atoms with van der Waals surface area (Å²) in [5, 5.41) is 2.48. The minimum absolute atomic E-state index is 0.0274. The number of halogens is 3. The molecule has 0 saturated carbocycles. The lowest BCUT2D eigenvalue weighted by Crippen LogP contribution is -2.27. The topological polar surface area (TPSA) is 51.1 Å². The van der Waals surface area contributed by atoms with Crippen molar-refractivity contribution in [3.8, 4) is 0 Å². The molecule has 0 fully saturated rings. The van der Waals surface area contributed by atoms with Crippen LogP contribution in [0.5, 0.6) is 0 Å². The van der Waals surface area contributed by atoms with E-state index in [4.69, 9.17) is 0 Å². The van der Waals surface area contributed by atoms with Gasteiger partial charge in [0, 0.05) is 37.8 Å². The second kappa shape index (κ2) is 6.40. The zero-order valence-electron chi connectivity index (χ0n) is 10.5. The summed E-state index contributed by atoms with van der Waals surface area (Å²) in [7, 11) is 1.56. The SMILES string of the molecule is Cn1ccc(C(=O)NCCCCC(F)(F)F)cc1=O. The van der Waals surface area contributed by atoms with Gasteiger partial charge in [-0.05, 0) is 18.9 Å². The van der Waals surface area contributed by atoms with Crippen LogP contribution in [0.3, 0.4) is 0 Å². The van der Waals surface area contributed by atoms with Crippen molar-refractivity contribution in [1.82, 2.24) is 9.88 Å². The molecule has 0 bridgehead atoms. The summed E-state index contributed by atoms with van der Waals surface area (Å²) >= 11 is 0. The lowest BCUT2D eigenvalue weighted by Gasteiger charge is -2.07. The van der Waals surface area contributed by atoms with Crippen LogP contribution in [0.1, 0.15) is 29.6 Å². The van der Waals surface area contributed by atoms with Gasteiger partial charge in [-0.15, -0.1) is 0 Å². The highest BCUT2D eigenvalue weighted by Gasteiger charge is 2.25. The Balaban J connectivity index is 2.35. The van der Waals surface area contributed by atoms with Gasteiger partial charge in [-0.1, -0.05) is 0 Å². The van der Waals surface area contributed by atoms with Crippen LogP contribution >= 0.6 is 0 Å². The first-order valence-corrected chi connectivity index (χ1v) is 5.81. The fourth-order valence-corrected chi connectivity index (χ4v) is 1.44. The van der Waals surface area contributed by atoms with E-state index in [2.05, 4.69) is 5.32 Å². The molecule has 0 spiro atoms. The van der Waals surface area contributed by atoms with Gasteiger partial charge in [-0.25, -0.2) is 0 Å². The van der Waals surface area contributed by atoms with E-state index in [1.807, 2.05) is 0 Å². The van der Waals surface area contributed by atoms with E-state index in [0.29, 0.717) is 0 Å². The van der Waals surface area contributed by atoms with Crippen molar-refractivity contribution >= 4 is 5.91 Å². The molecule has 4 nitrogen and oxygen atoms in total. The van der Waals surface area contributed by atoms with E-state index in [0.717, 1.165) is 0 Å². The smallest absolute Gasteiger partial charge is 0.352 e. The van der Waals surface area contributed by atoms with E-state index < -0.39 is 18.5 Å². The van der Waals surface area contributed by atoms with Gasteiger partial charge in [0.15, 0.2) is 0 Å². The lowest BCUT2D eigenvalue weighted by atomic mass is 10.2. The number of hydrogen-bond acceptors (Lipinski definition) is 2. The number of aryl methyl sites for hydroxylation is 1. The zero-order chi connectivity index (χ0) is 14.5. The second-order valence-electron chi connectivity index (χ2n) is 4.19. The zero-order valence-corrected chi connectivity index (χ0v) is 10.5. The quantitative estimate of drug-likeness (QED) is 0.834. The number of nitrogens with zero attached hydrogens (tertiary/aromatic N) is 1. The maximum atomic E-state index is 11.9. The van der Waals surface area contributed by atoms with Crippen LogP contribution in [0.25, 0.3) is 0 Å². The van der Waals surface area contributed by atoms with Crippen molar-refractivity contribution in [2.45, 2.75) is 25.4 Å². The first-order chi connectivity index (χ1) is 8.79. The molecule has 1 amide bonds. The fraction of sp³-hybridized carbons (Fsp3) is 0.500. The first-order valence-electron chi connectivity index (χ1n) is 5.81. The monoisotopic (exact) mass is 276 g/mol. The van der Waals surface area contributed by atoms with Crippen LogP contribution in [0.15, 0.2) is 23.1 Å². The first kappa shape index (κ1) is 15.3. The molecule has 1 aromatic heterocycles. The molecule has 106 valence electrons. The lowest BCUT2D eigenvalue weighted by molar-refractivity contribution is -0.135. The Hall–Kier alpha value is -1.79. The Bertz CT molecular complexity index is 494. The minimum atomic E-state index is -4.16. The molecular formula is C12H15F3N2O2. The van der Waals surface area contributed by atoms with Gasteiger partial charge >= 0.3 is 6.18 Å². The molecule has 1 heterocycles. The van der Waals surface area contributed by atoms with E-state index in [1.54, 1.807) is 7.05 Å². The number of pyridine rings is 1. The second-order valence-corrected chi connectivity index (χ2v) is 4.19. The fourth-order valence-electron chi connectivity index (χ4n) is 1.44. The molecule has 1 rings (SSSR count). The molecule has 0 atom stereocenters. The molecule has 19 heavy (non-hydrogen) atoms. The Labute approximate surface area is 108 Å². The van der Waals surface area contributed by atoms with Crippen LogP contribution in [0, 0.1) is 0 Å². The van der Waals surface area contributed by atoms with Gasteiger partial charge in [-0.3, -0.25) is 9.59 Å². The minimum Gasteiger partial charge on any atom is -0.352 e. The van der Waals surface area contributed by atoms with Gasteiger partial charge in [0.25, 0.3) is 11.5 Å². The standard InChI is InChI=1S/C12H15F3N2O2/c1-17-7-4-9(8-10(17)18)11(19)16-6-3-2-5-12(13,14)15/h4,7-8H,2-3,5-6H2,1H3,(H,16,19). The van der Waals surface area contributed by atoms with Crippen LogP contribution in [0.4, 0.5) is 13.2 Å². The van der Waals surface area contributed by atoms with Crippen molar-refractivity contribution < 1.29 is 18.0 Å². The number of carbonyl (C=O) groups is 1. The highest BCUT2D eigenvalue weighted by Crippen LogP contribution is 2.21. The van der Waals surface area contributed by atoms with Crippen molar-refractivity contribution in [1.29, 1.82) is 0 Å². The molecule has 1 aromatic rings. The molecule has 7 heteroatoms. The van der Waals surface area contributed by atoms with Crippen molar-refractivity contribution in [3.63, 3.8) is 0 Å². The van der Waals surface area contributed by atoms with Gasteiger partial charge in [0.05, 0.1) is 0 Å². The number of rotatable bonds is 5. The normalized spacial score (nSPS) is 11.4. The molecule has 0 aromatic carbocycles. The Morgan fingerprint density at radius 1 is 1.37 bits per heavy atom. The van der Waals surface area contributed by atoms with Gasteiger partial charge in [-0.2, -0.15) is 13.2 Å². The number of hydrogen-bond donors (Lipinski definition) is 1. The molecule has 0 radical (unpaired) electrons. The molecule has 1 N–H and O–H groups in total. The third-order valence-electron chi connectivity index (χ3n) is 2.54. The predicted octanol–water partition coefficient (Wildman–Crippen LogP) is 1.85. The Morgan fingerprint density at radius 3 is 2.63 bits per heavy atom. The molecular weight excluding hydrogens is 261 g/mol.